The first-order valence-electron chi connectivity index (χ1n) is 11.0. The van der Waals surface area contributed by atoms with Gasteiger partial charge in [-0.1, -0.05) is 31.4 Å². The predicted octanol–water partition coefficient (Wildman–Crippen LogP) is 4.28. The second kappa shape index (κ2) is 8.53. The summed E-state index contributed by atoms with van der Waals surface area (Å²) in [6, 6.07) is 0.185. The van der Waals surface area contributed by atoms with Crippen LogP contribution in [-0.4, -0.2) is 28.9 Å². The monoisotopic (exact) mass is 430 g/mol. The van der Waals surface area contributed by atoms with Crippen molar-refractivity contribution in [1.29, 1.82) is 0 Å². The summed E-state index contributed by atoms with van der Waals surface area (Å²) in [7, 11) is 0. The van der Waals surface area contributed by atoms with Crippen LogP contribution in [0.15, 0.2) is 12.2 Å². The van der Waals surface area contributed by atoms with Gasteiger partial charge >= 0.3 is 5.97 Å². The zero-order valence-electron chi connectivity index (χ0n) is 17.6. The van der Waals surface area contributed by atoms with E-state index in [-0.39, 0.29) is 29.7 Å². The second-order valence-electron chi connectivity index (χ2n) is 8.96. The maximum absolute atomic E-state index is 13.2. The Morgan fingerprint density at radius 1 is 0.967 bits per heavy atom. The maximum Gasteiger partial charge on any atom is 0.307 e. The summed E-state index contributed by atoms with van der Waals surface area (Å²) in [6.07, 6.45) is 11.1. The van der Waals surface area contributed by atoms with Crippen molar-refractivity contribution in [2.24, 2.45) is 23.7 Å². The number of fused-ring (bicyclic) bond motifs is 2. The third-order valence-electron chi connectivity index (χ3n) is 7.13. The summed E-state index contributed by atoms with van der Waals surface area (Å²) in [5.74, 6) is -2.78. The third-order valence-corrected chi connectivity index (χ3v) is 8.25. The number of amides is 2. The molecule has 0 aromatic carbocycles. The molecule has 2 amide bonds. The number of aliphatic carboxylic acids is 1. The van der Waals surface area contributed by atoms with E-state index >= 15 is 0 Å². The van der Waals surface area contributed by atoms with Crippen LogP contribution in [0.25, 0.3) is 0 Å². The number of thiophene rings is 1. The van der Waals surface area contributed by atoms with Gasteiger partial charge in [0.25, 0.3) is 5.91 Å². The molecule has 4 aliphatic rings. The van der Waals surface area contributed by atoms with Crippen LogP contribution in [0.4, 0.5) is 5.00 Å². The Morgan fingerprint density at radius 3 is 2.20 bits per heavy atom. The first-order chi connectivity index (χ1) is 14.4. The van der Waals surface area contributed by atoms with E-state index < -0.39 is 17.8 Å². The summed E-state index contributed by atoms with van der Waals surface area (Å²) in [6.45, 7) is 3.85. The highest BCUT2D eigenvalue weighted by Gasteiger charge is 2.48. The Bertz CT molecular complexity index is 884. The van der Waals surface area contributed by atoms with E-state index in [1.165, 1.54) is 17.8 Å². The lowest BCUT2D eigenvalue weighted by Crippen LogP contribution is -2.47. The smallest absolute Gasteiger partial charge is 0.307 e. The number of aryl methyl sites for hydroxylation is 1. The highest BCUT2D eigenvalue weighted by atomic mass is 32.1. The molecule has 0 spiro atoms. The first kappa shape index (κ1) is 21.1. The summed E-state index contributed by atoms with van der Waals surface area (Å²) < 4.78 is 0. The van der Waals surface area contributed by atoms with E-state index in [0.717, 1.165) is 49.0 Å². The molecule has 2 saturated carbocycles. The number of nitrogens with one attached hydrogen (secondary N) is 2. The van der Waals surface area contributed by atoms with Crippen molar-refractivity contribution in [3.05, 3.63) is 28.2 Å². The number of carboxylic acids is 1. The average Bonchev–Trinajstić information content (AvgIpc) is 3.01. The quantitative estimate of drug-likeness (QED) is 0.608. The van der Waals surface area contributed by atoms with Crippen molar-refractivity contribution < 1.29 is 19.5 Å². The van der Waals surface area contributed by atoms with E-state index in [0.29, 0.717) is 10.6 Å². The highest BCUT2D eigenvalue weighted by molar-refractivity contribution is 7.16. The largest absolute Gasteiger partial charge is 0.481 e. The van der Waals surface area contributed by atoms with Gasteiger partial charge in [0.05, 0.1) is 17.4 Å². The maximum atomic E-state index is 13.2. The van der Waals surface area contributed by atoms with E-state index in [2.05, 4.69) is 10.6 Å². The van der Waals surface area contributed by atoms with Gasteiger partial charge < -0.3 is 15.7 Å². The van der Waals surface area contributed by atoms with Gasteiger partial charge in [-0.15, -0.1) is 11.3 Å². The van der Waals surface area contributed by atoms with Crippen LogP contribution in [0, 0.1) is 37.5 Å². The minimum Gasteiger partial charge on any atom is -0.481 e. The molecular weight excluding hydrogens is 400 g/mol. The van der Waals surface area contributed by atoms with Crippen molar-refractivity contribution in [2.75, 3.05) is 5.32 Å². The highest BCUT2D eigenvalue weighted by Crippen LogP contribution is 2.46. The normalized spacial score (nSPS) is 28.3. The molecule has 7 heteroatoms. The van der Waals surface area contributed by atoms with E-state index in [1.54, 1.807) is 0 Å². The average molecular weight is 431 g/mol. The molecule has 5 rings (SSSR count). The van der Waals surface area contributed by atoms with Crippen LogP contribution in [0.5, 0.6) is 0 Å². The fourth-order valence-electron chi connectivity index (χ4n) is 5.38. The molecule has 0 aliphatic heterocycles. The molecule has 6 nitrogen and oxygen atoms in total. The Labute approximate surface area is 181 Å². The van der Waals surface area contributed by atoms with Crippen molar-refractivity contribution in [3.63, 3.8) is 0 Å². The van der Waals surface area contributed by atoms with Gasteiger partial charge in [-0.3, -0.25) is 14.4 Å². The zero-order chi connectivity index (χ0) is 21.4. The SMILES string of the molecule is Cc1sc(NC(=O)[C@@H]2[C@@H](C(=O)O)[C@H]3C=C[C@H]2CC3)c(C(=O)NC2CCCCC2)c1C. The molecule has 162 valence electrons. The Hall–Kier alpha value is -2.15. The third kappa shape index (κ3) is 3.92. The van der Waals surface area contributed by atoms with Gasteiger partial charge in [0.1, 0.15) is 5.00 Å². The van der Waals surface area contributed by atoms with Gasteiger partial charge in [0.2, 0.25) is 5.91 Å². The van der Waals surface area contributed by atoms with Gasteiger partial charge in [-0.05, 0) is 56.9 Å². The van der Waals surface area contributed by atoms with Crippen molar-refractivity contribution in [2.45, 2.75) is 64.8 Å². The van der Waals surface area contributed by atoms with Crippen LogP contribution in [0.2, 0.25) is 0 Å². The van der Waals surface area contributed by atoms with E-state index in [9.17, 15) is 19.5 Å². The van der Waals surface area contributed by atoms with Crippen LogP contribution >= 0.6 is 11.3 Å². The van der Waals surface area contributed by atoms with Crippen molar-refractivity contribution >= 4 is 34.1 Å². The standard InChI is InChI=1S/C23H30N2O4S/c1-12-13(2)30-22(17(12)20(26)24-16-6-4-3-5-7-16)25-21(27)18-14-8-10-15(11-9-14)19(18)23(28)29/h8,10,14-16,18-19H,3-7,9,11H2,1-2H3,(H,24,26)(H,25,27)(H,28,29)/t14-,15-,18-,19-/m0/s1. The Balaban J connectivity index is 1.55. The fraction of sp³-hybridized carbons (Fsp3) is 0.609. The summed E-state index contributed by atoms with van der Waals surface area (Å²) >= 11 is 1.40. The molecule has 2 bridgehead atoms. The van der Waals surface area contributed by atoms with Crippen molar-refractivity contribution in [3.8, 4) is 0 Å². The van der Waals surface area contributed by atoms with Crippen LogP contribution in [-0.2, 0) is 9.59 Å². The van der Waals surface area contributed by atoms with Gasteiger partial charge in [-0.2, -0.15) is 0 Å². The van der Waals surface area contributed by atoms with Gasteiger partial charge in [0, 0.05) is 10.9 Å². The summed E-state index contributed by atoms with van der Waals surface area (Å²) in [4.78, 5) is 39.2. The molecule has 1 aromatic heterocycles. The molecule has 0 radical (unpaired) electrons. The molecule has 0 unspecified atom stereocenters. The lowest BCUT2D eigenvalue weighted by Gasteiger charge is -2.41. The number of hydrogen-bond acceptors (Lipinski definition) is 4. The minimum atomic E-state index is -0.914. The molecule has 1 aromatic rings. The Kier molecular flexibility index (Phi) is 6.00. The topological polar surface area (TPSA) is 95.5 Å². The number of carbonyl (C=O) groups excluding carboxylic acids is 2. The number of anilines is 1. The zero-order valence-corrected chi connectivity index (χ0v) is 18.4. The number of carboxylic acid groups (broad SMARTS) is 1. The van der Waals surface area contributed by atoms with Crippen LogP contribution in [0.3, 0.4) is 0 Å². The number of hydrogen-bond donors (Lipinski definition) is 3. The molecule has 30 heavy (non-hydrogen) atoms. The molecule has 3 N–H and O–H groups in total. The predicted molar refractivity (Wildman–Crippen MR) is 117 cm³/mol. The van der Waals surface area contributed by atoms with Crippen molar-refractivity contribution in [1.82, 2.24) is 5.32 Å². The van der Waals surface area contributed by atoms with Crippen LogP contribution in [0.1, 0.15) is 65.7 Å². The number of carbonyl (C=O) groups is 3. The molecule has 2 fully saturated rings. The fourth-order valence-corrected chi connectivity index (χ4v) is 6.44. The molecule has 4 atom stereocenters. The summed E-state index contributed by atoms with van der Waals surface area (Å²) in [5.41, 5.74) is 1.41. The lowest BCUT2D eigenvalue weighted by atomic mass is 9.62. The molecular formula is C23H30N2O4S. The molecule has 0 saturated heterocycles. The molecule has 4 aliphatic carbocycles. The van der Waals surface area contributed by atoms with Gasteiger partial charge in [-0.25, -0.2) is 0 Å². The summed E-state index contributed by atoms with van der Waals surface area (Å²) in [5, 5.41) is 16.4. The number of rotatable bonds is 5. The minimum absolute atomic E-state index is 0.0576. The molecule has 1 heterocycles. The first-order valence-corrected chi connectivity index (χ1v) is 11.8. The van der Waals surface area contributed by atoms with Gasteiger partial charge in [0.15, 0.2) is 0 Å². The lowest BCUT2D eigenvalue weighted by molar-refractivity contribution is -0.151. The van der Waals surface area contributed by atoms with E-state index in [1.807, 2.05) is 26.0 Å². The van der Waals surface area contributed by atoms with E-state index in [4.69, 9.17) is 0 Å². The van der Waals surface area contributed by atoms with Crippen LogP contribution < -0.4 is 10.6 Å². The number of allylic oxidation sites excluding steroid dienone is 2. The second-order valence-corrected chi connectivity index (χ2v) is 10.2. The Morgan fingerprint density at radius 2 is 1.60 bits per heavy atom.